The van der Waals surface area contributed by atoms with Crippen molar-refractivity contribution < 1.29 is 18.7 Å². The van der Waals surface area contributed by atoms with Gasteiger partial charge in [-0.1, -0.05) is 30.3 Å². The summed E-state index contributed by atoms with van der Waals surface area (Å²) in [5.74, 6) is 0.0693. The maximum absolute atomic E-state index is 12.4. The fraction of sp³-hybridized carbons (Fsp3) is 0.190. The van der Waals surface area contributed by atoms with E-state index in [4.69, 9.17) is 9.15 Å². The second-order valence-electron chi connectivity index (χ2n) is 6.57. The van der Waals surface area contributed by atoms with Crippen LogP contribution in [0, 0.1) is 6.92 Å². The molecule has 1 aromatic heterocycles. The Kier molecular flexibility index (Phi) is 5.26. The summed E-state index contributed by atoms with van der Waals surface area (Å²) in [7, 11) is 0. The van der Waals surface area contributed by atoms with Gasteiger partial charge >= 0.3 is 5.63 Å². The van der Waals surface area contributed by atoms with E-state index in [9.17, 15) is 14.4 Å². The minimum Gasteiger partial charge on any atom is -0.484 e. The third kappa shape index (κ3) is 4.12. The van der Waals surface area contributed by atoms with Crippen molar-refractivity contribution in [2.75, 3.05) is 12.4 Å². The summed E-state index contributed by atoms with van der Waals surface area (Å²) in [6, 6.07) is 16.0. The Morgan fingerprint density at radius 1 is 1.21 bits per heavy atom. The van der Waals surface area contributed by atoms with Crippen molar-refractivity contribution >= 4 is 34.5 Å². The Hall–Kier alpha value is -3.26. The van der Waals surface area contributed by atoms with E-state index in [2.05, 4.69) is 5.43 Å². The number of rotatable bonds is 5. The van der Waals surface area contributed by atoms with Crippen LogP contribution in [0.3, 0.4) is 0 Å². The van der Waals surface area contributed by atoms with Gasteiger partial charge in [-0.05, 0) is 30.2 Å². The minimum absolute atomic E-state index is 0.167. The van der Waals surface area contributed by atoms with Gasteiger partial charge in [0.25, 0.3) is 11.8 Å². The number of hydrazine groups is 1. The molecule has 0 spiro atoms. The number of carbonyl (C=O) groups excluding carboxylic acids is 2. The number of benzene rings is 2. The quantitative estimate of drug-likeness (QED) is 0.651. The molecule has 7 nitrogen and oxygen atoms in total. The molecule has 2 heterocycles. The summed E-state index contributed by atoms with van der Waals surface area (Å²) in [6.07, 6.45) is 0. The zero-order valence-corrected chi connectivity index (χ0v) is 16.4. The number of nitrogens with zero attached hydrogens (tertiary/aromatic N) is 1. The lowest BCUT2D eigenvalue weighted by Crippen LogP contribution is -2.46. The van der Waals surface area contributed by atoms with E-state index in [-0.39, 0.29) is 17.9 Å². The number of amides is 2. The minimum atomic E-state index is -0.451. The van der Waals surface area contributed by atoms with E-state index in [0.717, 1.165) is 16.5 Å². The van der Waals surface area contributed by atoms with E-state index >= 15 is 0 Å². The summed E-state index contributed by atoms with van der Waals surface area (Å²) in [6.45, 7) is 1.54. The van der Waals surface area contributed by atoms with Crippen LogP contribution in [0.15, 0.2) is 63.8 Å². The summed E-state index contributed by atoms with van der Waals surface area (Å²) < 4.78 is 10.7. The molecule has 4 rings (SSSR count). The van der Waals surface area contributed by atoms with Gasteiger partial charge in [0.05, 0.1) is 5.75 Å². The molecule has 1 aliphatic rings. The van der Waals surface area contributed by atoms with Crippen LogP contribution in [0.2, 0.25) is 0 Å². The van der Waals surface area contributed by atoms with Crippen molar-refractivity contribution in [2.45, 2.75) is 12.3 Å². The molecule has 148 valence electrons. The maximum Gasteiger partial charge on any atom is 0.336 e. The normalized spacial score (nSPS) is 16.2. The van der Waals surface area contributed by atoms with E-state index in [1.165, 1.54) is 22.8 Å². The molecule has 3 aromatic rings. The lowest BCUT2D eigenvalue weighted by molar-refractivity contribution is -0.140. The zero-order valence-electron chi connectivity index (χ0n) is 15.6. The number of nitrogens with one attached hydrogen (secondary N) is 1. The first-order valence-corrected chi connectivity index (χ1v) is 10.0. The van der Waals surface area contributed by atoms with Crippen molar-refractivity contribution in [3.05, 3.63) is 76.1 Å². The molecule has 1 atom stereocenters. The fourth-order valence-electron chi connectivity index (χ4n) is 3.12. The van der Waals surface area contributed by atoms with Gasteiger partial charge in [0.2, 0.25) is 0 Å². The number of thioether (sulfide) groups is 1. The Morgan fingerprint density at radius 3 is 2.79 bits per heavy atom. The second-order valence-corrected chi connectivity index (χ2v) is 7.64. The summed E-state index contributed by atoms with van der Waals surface area (Å²) >= 11 is 1.45. The van der Waals surface area contributed by atoms with Crippen LogP contribution >= 0.6 is 11.8 Å². The third-order valence-corrected chi connectivity index (χ3v) is 5.70. The van der Waals surface area contributed by atoms with Gasteiger partial charge in [0.1, 0.15) is 16.7 Å². The Bertz CT molecular complexity index is 1130. The van der Waals surface area contributed by atoms with Crippen molar-refractivity contribution in [3.8, 4) is 5.75 Å². The number of carbonyl (C=O) groups is 2. The Labute approximate surface area is 170 Å². The summed E-state index contributed by atoms with van der Waals surface area (Å²) in [5.41, 5.74) is 4.32. The number of hydrogen-bond donors (Lipinski definition) is 1. The fourth-order valence-corrected chi connectivity index (χ4v) is 4.23. The van der Waals surface area contributed by atoms with Gasteiger partial charge in [-0.2, -0.15) is 0 Å². The van der Waals surface area contributed by atoms with Crippen LogP contribution in [0.1, 0.15) is 16.5 Å². The van der Waals surface area contributed by atoms with Crippen LogP contribution in [0.4, 0.5) is 0 Å². The van der Waals surface area contributed by atoms with Gasteiger partial charge in [0, 0.05) is 17.5 Å². The SMILES string of the molecule is Cc1cc(=O)oc2cc(OCC(=O)NN3C(=O)CSC3c3ccccc3)ccc12. The van der Waals surface area contributed by atoms with Crippen LogP contribution in [-0.4, -0.2) is 29.2 Å². The van der Waals surface area contributed by atoms with Gasteiger partial charge in [0.15, 0.2) is 6.61 Å². The van der Waals surface area contributed by atoms with Crippen molar-refractivity contribution in [1.29, 1.82) is 0 Å². The number of aryl methyl sites for hydroxylation is 1. The average molecular weight is 410 g/mol. The van der Waals surface area contributed by atoms with Gasteiger partial charge in [-0.3, -0.25) is 15.0 Å². The molecule has 1 aliphatic heterocycles. The molecule has 29 heavy (non-hydrogen) atoms. The average Bonchev–Trinajstić information content (AvgIpc) is 3.07. The molecule has 2 amide bonds. The zero-order chi connectivity index (χ0) is 20.4. The van der Waals surface area contributed by atoms with E-state index in [0.29, 0.717) is 17.1 Å². The first-order valence-electron chi connectivity index (χ1n) is 8.97. The Morgan fingerprint density at radius 2 is 2.00 bits per heavy atom. The summed E-state index contributed by atoms with van der Waals surface area (Å²) in [5, 5.41) is 1.87. The molecule has 0 aliphatic carbocycles. The highest BCUT2D eigenvalue weighted by molar-refractivity contribution is 8.00. The van der Waals surface area contributed by atoms with Crippen molar-refractivity contribution in [1.82, 2.24) is 10.4 Å². The Balaban J connectivity index is 1.42. The smallest absolute Gasteiger partial charge is 0.336 e. The lowest BCUT2D eigenvalue weighted by atomic mass is 10.1. The standard InChI is InChI=1S/C21H18N2O5S/c1-13-9-20(26)28-17-10-15(7-8-16(13)17)27-11-18(24)22-23-19(25)12-29-21(23)14-5-3-2-4-6-14/h2-10,21H,11-12H2,1H3,(H,22,24). The first kappa shape index (κ1) is 19.1. The molecule has 2 aromatic carbocycles. The van der Waals surface area contributed by atoms with Crippen LogP contribution in [0.25, 0.3) is 11.0 Å². The van der Waals surface area contributed by atoms with Crippen LogP contribution in [-0.2, 0) is 9.59 Å². The van der Waals surface area contributed by atoms with E-state index in [1.54, 1.807) is 18.2 Å². The largest absolute Gasteiger partial charge is 0.484 e. The van der Waals surface area contributed by atoms with Gasteiger partial charge in [-0.15, -0.1) is 11.8 Å². The molecule has 0 saturated carbocycles. The van der Waals surface area contributed by atoms with Crippen molar-refractivity contribution in [2.24, 2.45) is 0 Å². The van der Waals surface area contributed by atoms with E-state index in [1.807, 2.05) is 37.3 Å². The molecule has 1 saturated heterocycles. The molecule has 0 radical (unpaired) electrons. The molecule has 1 fully saturated rings. The molecular formula is C21H18N2O5S. The molecular weight excluding hydrogens is 392 g/mol. The monoisotopic (exact) mass is 410 g/mol. The maximum atomic E-state index is 12.4. The lowest BCUT2D eigenvalue weighted by Gasteiger charge is -2.24. The highest BCUT2D eigenvalue weighted by Gasteiger charge is 2.34. The molecule has 8 heteroatoms. The van der Waals surface area contributed by atoms with Crippen LogP contribution in [0.5, 0.6) is 5.75 Å². The first-order chi connectivity index (χ1) is 14.0. The topological polar surface area (TPSA) is 88.8 Å². The van der Waals surface area contributed by atoms with Gasteiger partial charge in [-0.25, -0.2) is 9.80 Å². The molecule has 0 bridgehead atoms. The van der Waals surface area contributed by atoms with Gasteiger partial charge < -0.3 is 9.15 Å². The third-order valence-electron chi connectivity index (χ3n) is 4.49. The van der Waals surface area contributed by atoms with E-state index < -0.39 is 11.5 Å². The van der Waals surface area contributed by atoms with Crippen molar-refractivity contribution in [3.63, 3.8) is 0 Å². The van der Waals surface area contributed by atoms with Crippen LogP contribution < -0.4 is 15.8 Å². The highest BCUT2D eigenvalue weighted by Crippen LogP contribution is 2.36. The highest BCUT2D eigenvalue weighted by atomic mass is 32.2. The number of ether oxygens (including phenoxy) is 1. The predicted octanol–water partition coefficient (Wildman–Crippen LogP) is 2.79. The number of fused-ring (bicyclic) bond motifs is 1. The summed E-state index contributed by atoms with van der Waals surface area (Å²) in [4.78, 5) is 36.1. The molecule has 1 unspecified atom stereocenters. The molecule has 1 N–H and O–H groups in total. The second kappa shape index (κ2) is 8.00. The number of hydrogen-bond acceptors (Lipinski definition) is 6. The predicted molar refractivity (Wildman–Crippen MR) is 109 cm³/mol.